The normalized spacial score (nSPS) is 12.2. The van der Waals surface area contributed by atoms with Crippen LogP contribution >= 0.6 is 11.3 Å². The summed E-state index contributed by atoms with van der Waals surface area (Å²) in [7, 11) is 0. The van der Waals surface area contributed by atoms with E-state index in [4.69, 9.17) is 4.98 Å². The Morgan fingerprint density at radius 3 is 2.72 bits per heavy atom. The van der Waals surface area contributed by atoms with E-state index >= 15 is 0 Å². The number of hydrogen-bond donors (Lipinski definition) is 1. The molecule has 1 N–H and O–H groups in total. The van der Waals surface area contributed by atoms with Gasteiger partial charge in [0, 0.05) is 46.2 Å². The highest BCUT2D eigenvalue weighted by Crippen LogP contribution is 2.29. The molecule has 1 unspecified atom stereocenters. The fourth-order valence-corrected chi connectivity index (χ4v) is 3.59. The highest BCUT2D eigenvalue weighted by atomic mass is 32.2. The van der Waals surface area contributed by atoms with Gasteiger partial charge in [-0.15, -0.1) is 11.3 Å². The summed E-state index contributed by atoms with van der Waals surface area (Å²) in [6.45, 7) is 2.43. The lowest BCUT2D eigenvalue weighted by Gasteiger charge is -2.07. The third kappa shape index (κ3) is 4.79. The first-order chi connectivity index (χ1) is 12.2. The molecule has 1 aromatic carbocycles. The fraction of sp³-hybridized carbons (Fsp3) is 0.222. The van der Waals surface area contributed by atoms with Crippen LogP contribution in [0.5, 0.6) is 0 Å². The summed E-state index contributed by atoms with van der Waals surface area (Å²) in [6, 6.07) is 11.8. The minimum atomic E-state index is -2.24. The molecule has 0 spiro atoms. The summed E-state index contributed by atoms with van der Waals surface area (Å²) in [5, 5.41) is 3.01. The Morgan fingerprint density at radius 1 is 1.20 bits per heavy atom. The van der Waals surface area contributed by atoms with Crippen LogP contribution in [0.2, 0.25) is 0 Å². The van der Waals surface area contributed by atoms with E-state index in [1.165, 1.54) is 0 Å². The van der Waals surface area contributed by atoms with Gasteiger partial charge in [-0.2, -0.15) is 0 Å². The van der Waals surface area contributed by atoms with E-state index in [1.54, 1.807) is 11.3 Å². The first-order valence-electron chi connectivity index (χ1n) is 7.98. The van der Waals surface area contributed by atoms with Crippen molar-refractivity contribution in [3.8, 4) is 21.8 Å². The maximum absolute atomic E-state index is 10.5. The lowest BCUT2D eigenvalue weighted by atomic mass is 10.1. The SMILES string of the molecule is CCCc1cc(-c2nc(-c3ccc(CNS(=O)[O-])cc3)cs2)ccn1. The number of nitrogens with one attached hydrogen (secondary N) is 1. The van der Waals surface area contributed by atoms with Crippen molar-refractivity contribution in [1.82, 2.24) is 14.7 Å². The molecule has 3 rings (SSSR count). The molecular formula is C18H18N3O2S2-. The van der Waals surface area contributed by atoms with Gasteiger partial charge in [-0.3, -0.25) is 9.19 Å². The number of rotatable bonds is 7. The van der Waals surface area contributed by atoms with Gasteiger partial charge in [0.05, 0.1) is 5.69 Å². The second-order valence-electron chi connectivity index (χ2n) is 5.58. The summed E-state index contributed by atoms with van der Waals surface area (Å²) in [5.41, 5.74) is 5.01. The molecule has 2 heterocycles. The predicted octanol–water partition coefficient (Wildman–Crippen LogP) is 3.71. The van der Waals surface area contributed by atoms with Gasteiger partial charge in [-0.25, -0.2) is 9.71 Å². The molecule has 0 bridgehead atoms. The third-order valence-corrected chi connectivity index (χ3v) is 4.99. The summed E-state index contributed by atoms with van der Waals surface area (Å²) < 4.78 is 23.4. The molecule has 7 heteroatoms. The van der Waals surface area contributed by atoms with Crippen LogP contribution in [0.4, 0.5) is 0 Å². The smallest absolute Gasteiger partial charge is 0.124 e. The number of benzene rings is 1. The average molecular weight is 372 g/mol. The molecule has 0 amide bonds. The molecule has 3 aromatic rings. The number of nitrogens with zero attached hydrogens (tertiary/aromatic N) is 2. The van der Waals surface area contributed by atoms with Crippen molar-refractivity contribution >= 4 is 22.6 Å². The van der Waals surface area contributed by atoms with E-state index in [9.17, 15) is 8.76 Å². The van der Waals surface area contributed by atoms with E-state index in [2.05, 4.69) is 22.7 Å². The Labute approximate surface area is 153 Å². The topological polar surface area (TPSA) is 77.9 Å². The van der Waals surface area contributed by atoms with Gasteiger partial charge >= 0.3 is 0 Å². The van der Waals surface area contributed by atoms with E-state index in [0.29, 0.717) is 0 Å². The Kier molecular flexibility index (Phi) is 6.04. The van der Waals surface area contributed by atoms with Crippen molar-refractivity contribution in [2.75, 3.05) is 0 Å². The summed E-state index contributed by atoms with van der Waals surface area (Å²) in [5.74, 6) is 0. The second kappa shape index (κ2) is 8.44. The Morgan fingerprint density at radius 2 is 2.00 bits per heavy atom. The summed E-state index contributed by atoms with van der Waals surface area (Å²) >= 11 is -0.635. The molecule has 25 heavy (non-hydrogen) atoms. The molecule has 0 fully saturated rings. The van der Waals surface area contributed by atoms with Crippen molar-refractivity contribution in [2.45, 2.75) is 26.3 Å². The van der Waals surface area contributed by atoms with Crippen molar-refractivity contribution in [2.24, 2.45) is 0 Å². The Hall–Kier alpha value is -1.93. The van der Waals surface area contributed by atoms with Crippen LogP contribution in [0.15, 0.2) is 48.0 Å². The largest absolute Gasteiger partial charge is 0.760 e. The molecular weight excluding hydrogens is 354 g/mol. The molecule has 2 aromatic heterocycles. The monoisotopic (exact) mass is 372 g/mol. The van der Waals surface area contributed by atoms with Gasteiger partial charge in [-0.1, -0.05) is 37.6 Å². The van der Waals surface area contributed by atoms with Gasteiger partial charge in [0.2, 0.25) is 0 Å². The van der Waals surface area contributed by atoms with Gasteiger partial charge in [0.1, 0.15) is 5.01 Å². The first-order valence-corrected chi connectivity index (χ1v) is 9.94. The summed E-state index contributed by atoms with van der Waals surface area (Å²) in [4.78, 5) is 9.12. The molecule has 0 aliphatic rings. The zero-order chi connectivity index (χ0) is 17.6. The number of thiazole rings is 1. The second-order valence-corrected chi connectivity index (χ2v) is 7.19. The minimum Gasteiger partial charge on any atom is -0.760 e. The van der Waals surface area contributed by atoms with Crippen molar-refractivity contribution in [3.63, 3.8) is 0 Å². The highest BCUT2D eigenvalue weighted by molar-refractivity contribution is 7.77. The predicted molar refractivity (Wildman–Crippen MR) is 101 cm³/mol. The van der Waals surface area contributed by atoms with E-state index in [-0.39, 0.29) is 6.54 Å². The fourth-order valence-electron chi connectivity index (χ4n) is 2.48. The standard InChI is InChI=1S/C18H19N3O2S2/c1-2-3-16-10-15(8-9-19-16)18-21-17(12-24-18)14-6-4-13(5-7-14)11-20-25(22)23/h4-10,12,20H,2-3,11H2,1H3,(H,22,23)/p-1. The lowest BCUT2D eigenvalue weighted by molar-refractivity contribution is 0.522. The molecule has 0 saturated heterocycles. The van der Waals surface area contributed by atoms with E-state index < -0.39 is 11.3 Å². The van der Waals surface area contributed by atoms with Gasteiger partial charge in [-0.05, 0) is 24.1 Å². The third-order valence-electron chi connectivity index (χ3n) is 3.72. The van der Waals surface area contributed by atoms with Crippen LogP contribution in [0.1, 0.15) is 24.6 Å². The highest BCUT2D eigenvalue weighted by Gasteiger charge is 2.08. The van der Waals surface area contributed by atoms with Crippen LogP contribution < -0.4 is 4.72 Å². The Balaban J connectivity index is 1.77. The number of aryl methyl sites for hydroxylation is 1. The quantitative estimate of drug-likeness (QED) is 0.641. The van der Waals surface area contributed by atoms with Gasteiger partial charge in [0.25, 0.3) is 0 Å². The molecule has 0 aliphatic heterocycles. The van der Waals surface area contributed by atoms with Crippen molar-refractivity contribution in [3.05, 3.63) is 59.2 Å². The van der Waals surface area contributed by atoms with Crippen LogP contribution in [0.25, 0.3) is 21.8 Å². The Bertz CT molecular complexity index is 863. The molecule has 0 saturated carbocycles. The molecule has 1 atom stereocenters. The maximum Gasteiger partial charge on any atom is 0.124 e. The number of pyridine rings is 1. The van der Waals surface area contributed by atoms with Crippen molar-refractivity contribution in [1.29, 1.82) is 0 Å². The molecule has 5 nitrogen and oxygen atoms in total. The lowest BCUT2D eigenvalue weighted by Crippen LogP contribution is -2.15. The first kappa shape index (κ1) is 17.9. The minimum absolute atomic E-state index is 0.288. The zero-order valence-electron chi connectivity index (χ0n) is 13.8. The van der Waals surface area contributed by atoms with Crippen molar-refractivity contribution < 1.29 is 8.76 Å². The summed E-state index contributed by atoms with van der Waals surface area (Å²) in [6.07, 6.45) is 3.87. The molecule has 0 radical (unpaired) electrons. The van der Waals surface area contributed by atoms with Gasteiger partial charge in [0.15, 0.2) is 0 Å². The average Bonchev–Trinajstić information content (AvgIpc) is 3.11. The van der Waals surface area contributed by atoms with E-state index in [0.717, 1.165) is 45.9 Å². The van der Waals surface area contributed by atoms with Crippen LogP contribution in [0, 0.1) is 0 Å². The van der Waals surface area contributed by atoms with Crippen LogP contribution in [0.3, 0.4) is 0 Å². The molecule has 0 aliphatic carbocycles. The van der Waals surface area contributed by atoms with E-state index in [1.807, 2.05) is 41.9 Å². The zero-order valence-corrected chi connectivity index (χ0v) is 15.4. The molecule has 130 valence electrons. The van der Waals surface area contributed by atoms with Crippen LogP contribution in [-0.4, -0.2) is 18.7 Å². The maximum atomic E-state index is 10.5. The number of hydrogen-bond acceptors (Lipinski definition) is 5. The number of aromatic nitrogens is 2. The van der Waals surface area contributed by atoms with Crippen LogP contribution in [-0.2, 0) is 24.2 Å². The van der Waals surface area contributed by atoms with Gasteiger partial charge < -0.3 is 4.55 Å².